The van der Waals surface area contributed by atoms with Crippen LogP contribution in [0.2, 0.25) is 5.02 Å². The van der Waals surface area contributed by atoms with Gasteiger partial charge in [0.05, 0.1) is 4.92 Å². The molecule has 5 nitrogen and oxygen atoms in total. The van der Waals surface area contributed by atoms with Crippen molar-refractivity contribution in [3.8, 4) is 0 Å². The maximum atomic E-state index is 11.9. The van der Waals surface area contributed by atoms with Gasteiger partial charge in [-0.3, -0.25) is 14.9 Å². The Balaban J connectivity index is 2.73. The summed E-state index contributed by atoms with van der Waals surface area (Å²) < 4.78 is 0. The Morgan fingerprint density at radius 3 is 2.53 bits per heavy atom. The van der Waals surface area contributed by atoms with Gasteiger partial charge in [-0.1, -0.05) is 32.4 Å². The van der Waals surface area contributed by atoms with Crippen LogP contribution in [0, 0.1) is 22.0 Å². The molecule has 0 aliphatic carbocycles. The maximum Gasteiger partial charge on any atom is 0.287 e. The number of nitro benzene ring substituents is 1. The molecule has 1 aromatic rings. The van der Waals surface area contributed by atoms with E-state index in [4.69, 9.17) is 11.6 Å². The molecule has 1 N–H and O–H groups in total. The van der Waals surface area contributed by atoms with E-state index in [1.165, 1.54) is 18.2 Å². The first-order valence-electron chi connectivity index (χ1n) is 6.05. The molecule has 1 rings (SSSR count). The zero-order valence-corrected chi connectivity index (χ0v) is 11.9. The Kier molecular flexibility index (Phi) is 5.30. The van der Waals surface area contributed by atoms with Gasteiger partial charge in [0.15, 0.2) is 0 Å². The van der Waals surface area contributed by atoms with Gasteiger partial charge < -0.3 is 5.32 Å². The predicted octanol–water partition coefficient (Wildman–Crippen LogP) is 3.27. The molecule has 19 heavy (non-hydrogen) atoms. The number of nitrogens with zero attached hydrogens (tertiary/aromatic N) is 1. The lowest BCUT2D eigenvalue weighted by Gasteiger charge is -2.16. The minimum atomic E-state index is -0.579. The Bertz CT molecular complexity index is 489. The minimum Gasteiger partial charge on any atom is -0.352 e. The number of nitrogens with one attached hydrogen (secondary N) is 1. The zero-order chi connectivity index (χ0) is 14.6. The second kappa shape index (κ2) is 6.52. The lowest BCUT2D eigenvalue weighted by atomic mass is 9.98. The third-order valence-corrected chi connectivity index (χ3v) is 3.43. The van der Waals surface area contributed by atoms with Crippen molar-refractivity contribution in [3.05, 3.63) is 38.9 Å². The van der Waals surface area contributed by atoms with E-state index in [0.29, 0.717) is 23.9 Å². The largest absolute Gasteiger partial charge is 0.352 e. The molecule has 1 unspecified atom stereocenters. The number of hydrogen-bond donors (Lipinski definition) is 1. The molecule has 1 atom stereocenters. The average molecular weight is 285 g/mol. The highest BCUT2D eigenvalue weighted by Gasteiger charge is 2.16. The van der Waals surface area contributed by atoms with Gasteiger partial charge in [-0.25, -0.2) is 0 Å². The van der Waals surface area contributed by atoms with Crippen molar-refractivity contribution in [2.24, 2.45) is 11.8 Å². The second-order valence-corrected chi connectivity index (χ2v) is 5.26. The number of nitro groups is 1. The van der Waals surface area contributed by atoms with Gasteiger partial charge >= 0.3 is 0 Å². The van der Waals surface area contributed by atoms with Crippen LogP contribution in [-0.4, -0.2) is 17.4 Å². The third kappa shape index (κ3) is 4.21. The molecule has 0 bridgehead atoms. The van der Waals surface area contributed by atoms with Gasteiger partial charge in [0, 0.05) is 18.2 Å². The van der Waals surface area contributed by atoms with Gasteiger partial charge in [-0.15, -0.1) is 0 Å². The van der Waals surface area contributed by atoms with E-state index in [1.54, 1.807) is 0 Å². The van der Waals surface area contributed by atoms with E-state index in [1.807, 2.05) is 6.92 Å². The third-order valence-electron chi connectivity index (χ3n) is 3.13. The van der Waals surface area contributed by atoms with Crippen LogP contribution in [0.5, 0.6) is 0 Å². The summed E-state index contributed by atoms with van der Waals surface area (Å²) >= 11 is 5.76. The van der Waals surface area contributed by atoms with Crippen LogP contribution in [-0.2, 0) is 0 Å². The number of hydrogen-bond acceptors (Lipinski definition) is 3. The van der Waals surface area contributed by atoms with Crippen molar-refractivity contribution in [2.75, 3.05) is 6.54 Å². The summed E-state index contributed by atoms with van der Waals surface area (Å²) in [5.74, 6) is 0.558. The lowest BCUT2D eigenvalue weighted by Crippen LogP contribution is -2.30. The van der Waals surface area contributed by atoms with Crippen molar-refractivity contribution >= 4 is 23.2 Å². The number of carbonyl (C=O) groups excluding carboxylic acids is 1. The van der Waals surface area contributed by atoms with Crippen LogP contribution in [0.3, 0.4) is 0 Å². The van der Waals surface area contributed by atoms with E-state index in [2.05, 4.69) is 19.2 Å². The summed E-state index contributed by atoms with van der Waals surface area (Å²) in [4.78, 5) is 21.9. The smallest absolute Gasteiger partial charge is 0.287 e. The van der Waals surface area contributed by atoms with Gasteiger partial charge in [-0.2, -0.15) is 0 Å². The molecular formula is C13H17ClN2O3. The molecule has 6 heteroatoms. The summed E-state index contributed by atoms with van der Waals surface area (Å²) in [6.45, 7) is 6.78. The van der Waals surface area contributed by atoms with Gasteiger partial charge in [0.25, 0.3) is 11.6 Å². The van der Waals surface area contributed by atoms with E-state index >= 15 is 0 Å². The lowest BCUT2D eigenvalue weighted by molar-refractivity contribution is -0.384. The van der Waals surface area contributed by atoms with Crippen LogP contribution in [0.25, 0.3) is 0 Å². The number of amides is 1. The molecule has 0 heterocycles. The summed E-state index contributed by atoms with van der Waals surface area (Å²) in [6.07, 6.45) is 0. The molecule has 104 valence electrons. The topological polar surface area (TPSA) is 72.2 Å². The fourth-order valence-electron chi connectivity index (χ4n) is 1.39. The Morgan fingerprint density at radius 1 is 1.42 bits per heavy atom. The molecule has 0 radical (unpaired) electrons. The first kappa shape index (κ1) is 15.4. The fraction of sp³-hybridized carbons (Fsp3) is 0.462. The minimum absolute atomic E-state index is 0.0328. The van der Waals surface area contributed by atoms with Crippen molar-refractivity contribution in [2.45, 2.75) is 20.8 Å². The monoisotopic (exact) mass is 284 g/mol. The maximum absolute atomic E-state index is 11.9. The molecule has 0 saturated heterocycles. The number of benzene rings is 1. The average Bonchev–Trinajstić information content (AvgIpc) is 2.34. The molecule has 0 aliphatic rings. The summed E-state index contributed by atoms with van der Waals surface area (Å²) in [5.41, 5.74) is 0.125. The zero-order valence-electron chi connectivity index (χ0n) is 11.1. The van der Waals surface area contributed by atoms with Crippen LogP contribution in [0.1, 0.15) is 31.1 Å². The normalized spacial score (nSPS) is 12.3. The van der Waals surface area contributed by atoms with E-state index < -0.39 is 4.92 Å². The molecule has 1 aromatic carbocycles. The molecule has 0 saturated carbocycles. The summed E-state index contributed by atoms with van der Waals surface area (Å²) in [5, 5.41) is 13.4. The fourth-order valence-corrected chi connectivity index (χ4v) is 1.64. The SMILES string of the molecule is CC(C)C(C)CNC(=O)c1ccc([N+](=O)[O-])c(Cl)c1. The molecule has 0 spiro atoms. The van der Waals surface area contributed by atoms with E-state index in [-0.39, 0.29) is 16.6 Å². The summed E-state index contributed by atoms with van der Waals surface area (Å²) in [6, 6.07) is 3.96. The predicted molar refractivity (Wildman–Crippen MR) is 74.4 cm³/mol. The van der Waals surface area contributed by atoms with Gasteiger partial charge in [-0.05, 0) is 24.0 Å². The van der Waals surface area contributed by atoms with Crippen molar-refractivity contribution < 1.29 is 9.72 Å². The van der Waals surface area contributed by atoms with E-state index in [0.717, 1.165) is 0 Å². The first-order chi connectivity index (χ1) is 8.82. The molecule has 0 aromatic heterocycles. The van der Waals surface area contributed by atoms with Crippen LogP contribution < -0.4 is 5.32 Å². The molecule has 0 aliphatic heterocycles. The number of carbonyl (C=O) groups is 1. The van der Waals surface area contributed by atoms with Crippen LogP contribution in [0.4, 0.5) is 5.69 Å². The highest BCUT2D eigenvalue weighted by atomic mass is 35.5. The second-order valence-electron chi connectivity index (χ2n) is 4.85. The molecule has 0 fully saturated rings. The van der Waals surface area contributed by atoms with Crippen molar-refractivity contribution in [3.63, 3.8) is 0 Å². The Hall–Kier alpha value is -1.62. The van der Waals surface area contributed by atoms with Crippen molar-refractivity contribution in [1.82, 2.24) is 5.32 Å². The van der Waals surface area contributed by atoms with Crippen molar-refractivity contribution in [1.29, 1.82) is 0 Å². The van der Waals surface area contributed by atoms with E-state index in [9.17, 15) is 14.9 Å². The quantitative estimate of drug-likeness (QED) is 0.666. The van der Waals surface area contributed by atoms with Crippen LogP contribution >= 0.6 is 11.6 Å². The standard InChI is InChI=1S/C13H17ClN2O3/c1-8(2)9(3)7-15-13(17)10-4-5-12(16(18)19)11(14)6-10/h4-6,8-9H,7H2,1-3H3,(H,15,17). The Morgan fingerprint density at radius 2 is 2.05 bits per heavy atom. The number of halogens is 1. The molecular weight excluding hydrogens is 268 g/mol. The Labute approximate surface area is 117 Å². The number of rotatable bonds is 5. The van der Waals surface area contributed by atoms with Gasteiger partial charge in [0.1, 0.15) is 5.02 Å². The first-order valence-corrected chi connectivity index (χ1v) is 6.43. The van der Waals surface area contributed by atoms with Gasteiger partial charge in [0.2, 0.25) is 0 Å². The summed E-state index contributed by atoms with van der Waals surface area (Å²) in [7, 11) is 0. The highest BCUT2D eigenvalue weighted by Crippen LogP contribution is 2.24. The molecule has 1 amide bonds. The highest BCUT2D eigenvalue weighted by molar-refractivity contribution is 6.33. The van der Waals surface area contributed by atoms with Crippen LogP contribution in [0.15, 0.2) is 18.2 Å².